The summed E-state index contributed by atoms with van der Waals surface area (Å²) < 4.78 is 20.2. The van der Waals surface area contributed by atoms with Gasteiger partial charge in [0.15, 0.2) is 0 Å². The van der Waals surface area contributed by atoms with Gasteiger partial charge in [0.1, 0.15) is 24.9 Å². The number of carbonyl (C=O) groups is 2. The summed E-state index contributed by atoms with van der Waals surface area (Å²) in [5, 5.41) is 58.7. The second-order valence-corrected chi connectivity index (χ2v) is 6.65. The van der Waals surface area contributed by atoms with E-state index in [1.165, 1.54) is 0 Å². The summed E-state index contributed by atoms with van der Waals surface area (Å²) in [6, 6.07) is -1.61. The zero-order valence-electron chi connectivity index (χ0n) is 13.1. The summed E-state index contributed by atoms with van der Waals surface area (Å²) in [5.74, 6) is -6.26. The van der Waals surface area contributed by atoms with Crippen LogP contribution in [0.1, 0.15) is 6.42 Å². The quantitative estimate of drug-likeness (QED) is 0.172. The van der Waals surface area contributed by atoms with Crippen molar-refractivity contribution < 1.29 is 63.8 Å². The van der Waals surface area contributed by atoms with Gasteiger partial charge in [0.05, 0.1) is 18.8 Å². The number of hydrogen-bond acceptors (Lipinski definition) is 10. The molecule has 0 aromatic rings. The normalized spacial score (nSPS) is 31.9. The van der Waals surface area contributed by atoms with Crippen molar-refractivity contribution in [3.05, 3.63) is 0 Å². The lowest BCUT2D eigenvalue weighted by atomic mass is 9.88. The van der Waals surface area contributed by atoms with Gasteiger partial charge in [0.2, 0.25) is 5.91 Å². The second-order valence-electron chi connectivity index (χ2n) is 5.49. The lowest BCUT2D eigenvalue weighted by molar-refractivity contribution is -0.288. The van der Waals surface area contributed by atoms with E-state index in [-0.39, 0.29) is 0 Å². The number of carbonyl (C=O) groups excluding carboxylic acids is 1. The minimum atomic E-state index is -5.46. The van der Waals surface area contributed by atoms with Gasteiger partial charge in [0.25, 0.3) is 5.79 Å². The maximum Gasteiger partial charge on any atom is 0.472 e. The molecular weight excluding hydrogens is 385 g/mol. The molecule has 14 nitrogen and oxygen atoms in total. The van der Waals surface area contributed by atoms with Crippen LogP contribution < -0.4 is 5.32 Å². The van der Waals surface area contributed by atoms with Gasteiger partial charge >= 0.3 is 13.8 Å². The third-order valence-corrected chi connectivity index (χ3v) is 4.09. The molecule has 0 bridgehead atoms. The third-order valence-electron chi connectivity index (χ3n) is 3.55. The van der Waals surface area contributed by atoms with Gasteiger partial charge in [-0.15, -0.1) is 0 Å². The molecule has 1 amide bonds. The molecule has 0 aliphatic carbocycles. The lowest BCUT2D eigenvalue weighted by Crippen LogP contribution is -2.68. The van der Waals surface area contributed by atoms with Crippen molar-refractivity contribution in [3.8, 4) is 0 Å². The number of phosphoric acid groups is 1. The summed E-state index contributed by atoms with van der Waals surface area (Å²) in [6.45, 7) is -2.07. The van der Waals surface area contributed by atoms with Gasteiger partial charge in [0, 0.05) is 6.42 Å². The van der Waals surface area contributed by atoms with Crippen LogP contribution in [0.2, 0.25) is 0 Å². The van der Waals surface area contributed by atoms with Crippen LogP contribution in [-0.4, -0.2) is 102 Å². The minimum absolute atomic E-state index is 1.03. The number of aliphatic hydroxyl groups excluding tert-OH is 5. The zero-order valence-corrected chi connectivity index (χ0v) is 14.0. The predicted molar refractivity (Wildman–Crippen MR) is 77.1 cm³/mol. The number of hydrogen-bond donors (Lipinski definition) is 9. The molecule has 1 saturated heterocycles. The highest BCUT2D eigenvalue weighted by molar-refractivity contribution is 7.46. The van der Waals surface area contributed by atoms with E-state index in [4.69, 9.17) is 24.7 Å². The summed E-state index contributed by atoms with van der Waals surface area (Å²) in [7, 11) is -5.46. The van der Waals surface area contributed by atoms with Crippen molar-refractivity contribution in [1.82, 2.24) is 5.32 Å². The van der Waals surface area contributed by atoms with Crippen molar-refractivity contribution in [3.63, 3.8) is 0 Å². The number of carboxylic acids is 1. The minimum Gasteiger partial charge on any atom is -0.477 e. The number of phosphoric ester groups is 1. The first-order valence-electron chi connectivity index (χ1n) is 7.09. The van der Waals surface area contributed by atoms with Crippen LogP contribution in [0.4, 0.5) is 0 Å². The van der Waals surface area contributed by atoms with Gasteiger partial charge in [-0.05, 0) is 0 Å². The van der Waals surface area contributed by atoms with Crippen LogP contribution in [0.5, 0.6) is 0 Å². The van der Waals surface area contributed by atoms with E-state index in [0.29, 0.717) is 0 Å². The number of amides is 1. The largest absolute Gasteiger partial charge is 0.477 e. The average Bonchev–Trinajstić information content (AvgIpc) is 2.53. The molecule has 1 aliphatic rings. The Kier molecular flexibility index (Phi) is 7.62. The van der Waals surface area contributed by atoms with Gasteiger partial charge < -0.3 is 50.5 Å². The molecule has 1 rings (SSSR count). The first-order chi connectivity index (χ1) is 11.9. The van der Waals surface area contributed by atoms with Crippen LogP contribution in [0.3, 0.4) is 0 Å². The maximum atomic E-state index is 11.5. The monoisotopic (exact) mass is 405 g/mol. The van der Waals surface area contributed by atoms with Gasteiger partial charge in [-0.3, -0.25) is 4.79 Å². The van der Waals surface area contributed by atoms with E-state index in [1.807, 2.05) is 5.32 Å². The molecule has 152 valence electrons. The van der Waals surface area contributed by atoms with E-state index in [1.54, 1.807) is 0 Å². The third kappa shape index (κ3) is 5.40. The van der Waals surface area contributed by atoms with Crippen molar-refractivity contribution in [2.45, 2.75) is 42.7 Å². The van der Waals surface area contributed by atoms with Gasteiger partial charge in [-0.2, -0.15) is 0 Å². The Labute approximate surface area is 145 Å². The Bertz CT molecular complexity index is 566. The molecule has 1 unspecified atom stereocenters. The SMILES string of the molecule is O=C(CO)N[C@H]1[C@H]([C@H](O)[C@H](O)CO)OC(OP(=O)(O)O)(C(=O)O)C[C@@H]1O. The van der Waals surface area contributed by atoms with Crippen molar-refractivity contribution in [2.24, 2.45) is 0 Å². The van der Waals surface area contributed by atoms with Crippen molar-refractivity contribution >= 4 is 19.7 Å². The zero-order chi connectivity index (χ0) is 20.3. The van der Waals surface area contributed by atoms with E-state index in [0.717, 1.165) is 0 Å². The number of carboxylic acid groups (broad SMARTS) is 1. The Morgan fingerprint density at radius 1 is 1.31 bits per heavy atom. The molecule has 1 aliphatic heterocycles. The van der Waals surface area contributed by atoms with Gasteiger partial charge in [-0.1, -0.05) is 0 Å². The molecule has 26 heavy (non-hydrogen) atoms. The Morgan fingerprint density at radius 2 is 1.88 bits per heavy atom. The number of ether oxygens (including phenoxy) is 1. The standard InChI is InChI=1S/C11H20NO13P/c13-2-5(16)8(18)9-7(12-6(17)3-14)4(15)1-11(24-9,10(19)20)25-26(21,22)23/h4-5,7-9,13-16,18H,1-3H2,(H,12,17)(H,19,20)(H2,21,22,23)/t4-,5+,7+,8+,9+,11?/m0/s1. The van der Waals surface area contributed by atoms with Crippen LogP contribution in [0.15, 0.2) is 0 Å². The Balaban J connectivity index is 3.30. The lowest BCUT2D eigenvalue weighted by Gasteiger charge is -2.46. The molecule has 0 radical (unpaired) electrons. The van der Waals surface area contributed by atoms with E-state index in [2.05, 4.69) is 4.52 Å². The molecule has 0 saturated carbocycles. The highest BCUT2D eigenvalue weighted by Gasteiger charge is 2.58. The van der Waals surface area contributed by atoms with Crippen LogP contribution >= 0.6 is 7.82 Å². The van der Waals surface area contributed by atoms with Crippen LogP contribution in [0, 0.1) is 0 Å². The molecule has 15 heteroatoms. The van der Waals surface area contributed by atoms with E-state index in [9.17, 15) is 34.6 Å². The van der Waals surface area contributed by atoms with E-state index < -0.39 is 75.6 Å². The molecule has 0 spiro atoms. The topological polar surface area (TPSA) is 244 Å². The number of aliphatic hydroxyl groups is 5. The fourth-order valence-electron chi connectivity index (χ4n) is 2.41. The van der Waals surface area contributed by atoms with Crippen molar-refractivity contribution in [1.29, 1.82) is 0 Å². The van der Waals surface area contributed by atoms with Crippen molar-refractivity contribution in [2.75, 3.05) is 13.2 Å². The number of aliphatic carboxylic acids is 1. The smallest absolute Gasteiger partial charge is 0.472 e. The number of rotatable bonds is 8. The fourth-order valence-corrected chi connectivity index (χ4v) is 2.99. The first kappa shape index (κ1) is 22.9. The Morgan fingerprint density at radius 3 is 2.31 bits per heavy atom. The molecular formula is C11H20NO13P. The molecule has 6 atom stereocenters. The summed E-state index contributed by atoms with van der Waals surface area (Å²) in [6.07, 6.45) is -9.01. The van der Waals surface area contributed by atoms with E-state index >= 15 is 0 Å². The molecule has 1 heterocycles. The molecule has 1 fully saturated rings. The summed E-state index contributed by atoms with van der Waals surface area (Å²) in [4.78, 5) is 40.6. The molecule has 9 N–H and O–H groups in total. The second kappa shape index (κ2) is 8.67. The molecule has 0 aromatic heterocycles. The van der Waals surface area contributed by atoms with Gasteiger partial charge in [-0.25, -0.2) is 13.9 Å². The summed E-state index contributed by atoms with van der Waals surface area (Å²) in [5.41, 5.74) is 0. The van der Waals surface area contributed by atoms with Crippen LogP contribution in [0.25, 0.3) is 0 Å². The first-order valence-corrected chi connectivity index (χ1v) is 8.62. The maximum absolute atomic E-state index is 11.5. The highest BCUT2D eigenvalue weighted by atomic mass is 31.2. The average molecular weight is 405 g/mol. The fraction of sp³-hybridized carbons (Fsp3) is 0.818. The molecule has 0 aromatic carbocycles. The Hall–Kier alpha value is -1.19. The highest BCUT2D eigenvalue weighted by Crippen LogP contribution is 2.46. The number of nitrogens with one attached hydrogen (secondary N) is 1. The predicted octanol–water partition coefficient (Wildman–Crippen LogP) is -4.78. The van der Waals surface area contributed by atoms with Crippen LogP contribution in [-0.2, 0) is 23.4 Å². The summed E-state index contributed by atoms with van der Waals surface area (Å²) >= 11 is 0.